The average Bonchev–Trinajstić information content (AvgIpc) is 3.56. The minimum absolute atomic E-state index is 0.927. The Hall–Kier alpha value is -5.14. The van der Waals surface area contributed by atoms with Crippen LogP contribution in [-0.4, -0.2) is 62.8 Å². The smallest absolute Gasteiger partial charge is 0.143 e. The Kier molecular flexibility index (Phi) is 7.30. The first kappa shape index (κ1) is 31.8. The highest BCUT2D eigenvalue weighted by molar-refractivity contribution is 6.71. The maximum atomic E-state index is 6.79. The van der Waals surface area contributed by atoms with Crippen molar-refractivity contribution in [2.75, 3.05) is 0 Å². The SMILES string of the molecule is Bc1c(B)c(B)c2c(-c3cccc4oc5c6ccccc6ccc5c34)c3c(B)c(B)c(B)c(B)c3c(-c3cccc(-c4ccccc4)c3)c2c1B. The van der Waals surface area contributed by atoms with Gasteiger partial charge in [-0.2, -0.15) is 0 Å². The van der Waals surface area contributed by atoms with Crippen molar-refractivity contribution in [3.05, 3.63) is 109 Å². The van der Waals surface area contributed by atoms with Gasteiger partial charge in [0.1, 0.15) is 73.9 Å². The number of hydrogen-bond donors (Lipinski definition) is 0. The number of fused-ring (bicyclic) bond motifs is 7. The standard InChI is InChI=1S/C42H34B8O/c43-34-30-27(22-12-6-11-21(18-22)19-8-2-1-3-9-19)31-33(37(46)41(50)39(48)35(31)44)29(32(30)36(45)40(49)38(34)47)24-14-7-15-26-28(24)25-17-16-20-10-4-5-13-23(20)42(25)51-26/h1-18H,43-50H2. The molecule has 0 spiro atoms. The predicted molar refractivity (Wildman–Crippen MR) is 248 cm³/mol. The van der Waals surface area contributed by atoms with Crippen LogP contribution in [0.3, 0.4) is 0 Å². The monoisotopic (exact) mass is 642 g/mol. The third kappa shape index (κ3) is 4.53. The molecule has 0 N–H and O–H groups in total. The Labute approximate surface area is 306 Å². The van der Waals surface area contributed by atoms with Crippen LogP contribution in [0.1, 0.15) is 0 Å². The van der Waals surface area contributed by atoms with Crippen LogP contribution in [0.2, 0.25) is 0 Å². The molecule has 0 fully saturated rings. The number of furan rings is 1. The highest BCUT2D eigenvalue weighted by atomic mass is 16.3. The van der Waals surface area contributed by atoms with Crippen molar-refractivity contribution < 1.29 is 4.42 Å². The molecule has 0 saturated carbocycles. The minimum Gasteiger partial charge on any atom is -0.455 e. The summed E-state index contributed by atoms with van der Waals surface area (Å²) >= 11 is 0. The van der Waals surface area contributed by atoms with E-state index in [1.807, 2.05) is 0 Å². The van der Waals surface area contributed by atoms with Crippen LogP contribution in [0.15, 0.2) is 114 Å². The summed E-state index contributed by atoms with van der Waals surface area (Å²) < 4.78 is 6.79. The fourth-order valence-electron chi connectivity index (χ4n) is 8.93. The summed E-state index contributed by atoms with van der Waals surface area (Å²) in [6, 6.07) is 39.7. The van der Waals surface area contributed by atoms with E-state index < -0.39 is 0 Å². The van der Waals surface area contributed by atoms with Gasteiger partial charge in [-0.15, -0.1) is 21.9 Å². The highest BCUT2D eigenvalue weighted by Gasteiger charge is 2.27. The molecule has 0 amide bonds. The Bertz CT molecular complexity index is 2870. The number of benzene rings is 8. The van der Waals surface area contributed by atoms with E-state index in [9.17, 15) is 0 Å². The molecule has 0 aliphatic heterocycles. The van der Waals surface area contributed by atoms with Crippen LogP contribution in [0.5, 0.6) is 0 Å². The summed E-state index contributed by atoms with van der Waals surface area (Å²) in [6.07, 6.45) is 0. The minimum atomic E-state index is 0.927. The third-order valence-corrected chi connectivity index (χ3v) is 12.3. The zero-order valence-corrected chi connectivity index (χ0v) is 30.8. The third-order valence-electron chi connectivity index (χ3n) is 12.3. The van der Waals surface area contributed by atoms with Crippen molar-refractivity contribution in [3.8, 4) is 33.4 Å². The van der Waals surface area contributed by atoms with E-state index in [0.717, 1.165) is 21.9 Å². The van der Waals surface area contributed by atoms with E-state index in [0.29, 0.717) is 0 Å². The van der Waals surface area contributed by atoms with Crippen LogP contribution < -0.4 is 43.7 Å². The number of rotatable bonds is 3. The van der Waals surface area contributed by atoms with Crippen molar-refractivity contribution in [1.82, 2.24) is 0 Å². The van der Waals surface area contributed by atoms with Gasteiger partial charge in [-0.3, -0.25) is 0 Å². The van der Waals surface area contributed by atoms with Crippen LogP contribution in [0.4, 0.5) is 0 Å². The molecule has 0 radical (unpaired) electrons. The van der Waals surface area contributed by atoms with E-state index >= 15 is 0 Å². The summed E-state index contributed by atoms with van der Waals surface area (Å²) in [7, 11) is 18.6. The maximum Gasteiger partial charge on any atom is 0.143 e. The summed E-state index contributed by atoms with van der Waals surface area (Å²) in [5, 5.41) is 10.1. The second-order valence-electron chi connectivity index (χ2n) is 14.6. The first-order valence-corrected chi connectivity index (χ1v) is 18.1. The van der Waals surface area contributed by atoms with Gasteiger partial charge in [0.15, 0.2) is 0 Å². The molecule has 1 nitrogen and oxygen atoms in total. The molecule has 9 heteroatoms. The Morgan fingerprint density at radius 3 is 1.53 bits per heavy atom. The molecule has 8 aromatic carbocycles. The van der Waals surface area contributed by atoms with Gasteiger partial charge in [0.2, 0.25) is 0 Å². The van der Waals surface area contributed by atoms with Gasteiger partial charge < -0.3 is 4.42 Å². The lowest BCUT2D eigenvalue weighted by atomic mass is 9.59. The first-order valence-electron chi connectivity index (χ1n) is 18.1. The molecular formula is C42H34B8O. The topological polar surface area (TPSA) is 13.1 Å². The molecule has 9 aromatic rings. The summed E-state index contributed by atoms with van der Waals surface area (Å²) in [6.45, 7) is 0. The van der Waals surface area contributed by atoms with Gasteiger partial charge in [0.25, 0.3) is 0 Å². The predicted octanol–water partition coefficient (Wildman–Crippen LogP) is -1.89. The van der Waals surface area contributed by atoms with Gasteiger partial charge >= 0.3 is 0 Å². The average molecular weight is 641 g/mol. The number of hydrogen-bond acceptors (Lipinski definition) is 1. The zero-order valence-electron chi connectivity index (χ0n) is 30.8. The molecule has 51 heavy (non-hydrogen) atoms. The molecule has 9 rings (SSSR count). The van der Waals surface area contributed by atoms with E-state index in [1.165, 1.54) is 109 Å². The van der Waals surface area contributed by atoms with Gasteiger partial charge in [-0.1, -0.05) is 113 Å². The lowest BCUT2D eigenvalue weighted by molar-refractivity contribution is 0.673. The van der Waals surface area contributed by atoms with Crippen molar-refractivity contribution in [2.24, 2.45) is 0 Å². The molecule has 0 bridgehead atoms. The van der Waals surface area contributed by atoms with Crippen molar-refractivity contribution in [1.29, 1.82) is 0 Å². The Balaban J connectivity index is 1.55. The second kappa shape index (κ2) is 11.7. The van der Waals surface area contributed by atoms with Crippen molar-refractivity contribution >= 4 is 161 Å². The van der Waals surface area contributed by atoms with Gasteiger partial charge in [0.05, 0.1) is 0 Å². The van der Waals surface area contributed by atoms with Crippen LogP contribution in [0, 0.1) is 0 Å². The van der Waals surface area contributed by atoms with Crippen LogP contribution in [0.25, 0.3) is 87.6 Å². The molecule has 0 aliphatic rings. The molecular weight excluding hydrogens is 607 g/mol. The van der Waals surface area contributed by atoms with Crippen molar-refractivity contribution in [3.63, 3.8) is 0 Å². The van der Waals surface area contributed by atoms with Gasteiger partial charge in [-0.25, -0.2) is 0 Å². The first-order chi connectivity index (χ1) is 24.7. The molecule has 232 valence electrons. The van der Waals surface area contributed by atoms with Gasteiger partial charge in [-0.05, 0) is 78.5 Å². The molecule has 0 aliphatic carbocycles. The molecule has 1 aromatic heterocycles. The van der Waals surface area contributed by atoms with E-state index in [4.69, 9.17) is 4.42 Å². The van der Waals surface area contributed by atoms with E-state index in [1.54, 1.807) is 0 Å². The molecule has 0 atom stereocenters. The van der Waals surface area contributed by atoms with E-state index in [-0.39, 0.29) is 0 Å². The fraction of sp³-hybridized carbons (Fsp3) is 0. The highest BCUT2D eigenvalue weighted by Crippen LogP contribution is 2.46. The van der Waals surface area contributed by atoms with Crippen LogP contribution >= 0.6 is 0 Å². The second-order valence-corrected chi connectivity index (χ2v) is 14.6. The summed E-state index contributed by atoms with van der Waals surface area (Å²) in [5.41, 5.74) is 20.3. The molecule has 1 heterocycles. The lowest BCUT2D eigenvalue weighted by Crippen LogP contribution is -2.50. The molecule has 0 unspecified atom stereocenters. The lowest BCUT2D eigenvalue weighted by Gasteiger charge is -2.28. The Morgan fingerprint density at radius 2 is 0.882 bits per heavy atom. The fourth-order valence-corrected chi connectivity index (χ4v) is 8.93. The zero-order chi connectivity index (χ0) is 35.3. The summed E-state index contributed by atoms with van der Waals surface area (Å²) in [5.74, 6) is 0. The largest absolute Gasteiger partial charge is 0.455 e. The quantitative estimate of drug-likeness (QED) is 0.163. The normalized spacial score (nSPS) is 11.8. The Morgan fingerprint density at radius 1 is 0.353 bits per heavy atom. The van der Waals surface area contributed by atoms with Gasteiger partial charge in [0, 0.05) is 16.2 Å². The van der Waals surface area contributed by atoms with E-state index in [2.05, 4.69) is 172 Å². The molecule has 0 saturated heterocycles. The van der Waals surface area contributed by atoms with Crippen molar-refractivity contribution in [2.45, 2.75) is 0 Å². The van der Waals surface area contributed by atoms with Crippen LogP contribution in [-0.2, 0) is 0 Å². The summed E-state index contributed by atoms with van der Waals surface area (Å²) in [4.78, 5) is 0. The maximum absolute atomic E-state index is 6.79.